The third kappa shape index (κ3) is 2.00. The van der Waals surface area contributed by atoms with Gasteiger partial charge >= 0.3 is 0 Å². The first-order chi connectivity index (χ1) is 10.3. The van der Waals surface area contributed by atoms with E-state index in [1.54, 1.807) is 7.11 Å². The van der Waals surface area contributed by atoms with E-state index in [1.807, 2.05) is 12.1 Å². The molecule has 2 aromatic rings. The van der Waals surface area contributed by atoms with E-state index < -0.39 is 0 Å². The molecule has 108 valence electrons. The Bertz CT molecular complexity index is 696. The van der Waals surface area contributed by atoms with Crippen molar-refractivity contribution in [1.29, 1.82) is 0 Å². The Morgan fingerprint density at radius 2 is 1.95 bits per heavy atom. The molecule has 1 N–H and O–H groups in total. The van der Waals surface area contributed by atoms with E-state index in [9.17, 15) is 5.11 Å². The highest BCUT2D eigenvalue weighted by Gasteiger charge is 2.32. The molecule has 0 saturated carbocycles. The van der Waals surface area contributed by atoms with Crippen molar-refractivity contribution in [3.63, 3.8) is 0 Å². The van der Waals surface area contributed by atoms with Crippen molar-refractivity contribution in [2.75, 3.05) is 13.7 Å². The van der Waals surface area contributed by atoms with Crippen molar-refractivity contribution in [3.05, 3.63) is 58.7 Å². The van der Waals surface area contributed by atoms with Gasteiger partial charge in [-0.05, 0) is 47.2 Å². The van der Waals surface area contributed by atoms with E-state index in [0.717, 1.165) is 25.9 Å². The molecule has 0 saturated heterocycles. The summed E-state index contributed by atoms with van der Waals surface area (Å²) in [5.74, 6) is 0.829. The summed E-state index contributed by atoms with van der Waals surface area (Å²) in [7, 11) is 1.60. The molecule has 0 unspecified atom stereocenters. The number of aromatic hydroxyl groups is 1. The number of rotatable bonds is 1. The standard InChI is InChI=1S/C18H19NO2/c1-21-18-9-13-6-7-19-11-14-5-3-2-4-12(14)8-16(19)15(13)10-17(18)20/h2-5,9-10,16,20H,6-8,11H2,1H3/t16-/m0/s1. The van der Waals surface area contributed by atoms with Crippen LogP contribution in [0.25, 0.3) is 0 Å². The summed E-state index contributed by atoms with van der Waals surface area (Å²) in [6, 6.07) is 13.0. The lowest BCUT2D eigenvalue weighted by Crippen LogP contribution is -2.39. The van der Waals surface area contributed by atoms with E-state index in [1.165, 1.54) is 22.3 Å². The number of fused-ring (bicyclic) bond motifs is 4. The first kappa shape index (κ1) is 12.7. The highest BCUT2D eigenvalue weighted by molar-refractivity contribution is 5.49. The van der Waals surface area contributed by atoms with Crippen LogP contribution in [-0.2, 0) is 19.4 Å². The van der Waals surface area contributed by atoms with Crippen LogP contribution in [0.5, 0.6) is 11.5 Å². The highest BCUT2D eigenvalue weighted by Crippen LogP contribution is 2.41. The molecule has 2 aliphatic heterocycles. The fourth-order valence-electron chi connectivity index (χ4n) is 3.70. The molecule has 0 spiro atoms. The molecule has 2 aromatic carbocycles. The van der Waals surface area contributed by atoms with Gasteiger partial charge in [0.2, 0.25) is 0 Å². The maximum atomic E-state index is 10.1. The topological polar surface area (TPSA) is 32.7 Å². The van der Waals surface area contributed by atoms with E-state index in [2.05, 4.69) is 29.2 Å². The predicted molar refractivity (Wildman–Crippen MR) is 81.7 cm³/mol. The van der Waals surface area contributed by atoms with Gasteiger partial charge in [0.1, 0.15) is 0 Å². The van der Waals surface area contributed by atoms with Gasteiger partial charge in [-0.2, -0.15) is 0 Å². The summed E-state index contributed by atoms with van der Waals surface area (Å²) in [6.07, 6.45) is 2.04. The second-order valence-electron chi connectivity index (χ2n) is 5.93. The van der Waals surface area contributed by atoms with Gasteiger partial charge < -0.3 is 9.84 Å². The van der Waals surface area contributed by atoms with Crippen LogP contribution >= 0.6 is 0 Å². The molecule has 4 rings (SSSR count). The summed E-state index contributed by atoms with van der Waals surface area (Å²) in [4.78, 5) is 2.52. The number of phenolic OH excluding ortho intramolecular Hbond substituents is 1. The van der Waals surface area contributed by atoms with Gasteiger partial charge in [0.05, 0.1) is 7.11 Å². The fraction of sp³-hybridized carbons (Fsp3) is 0.333. The summed E-state index contributed by atoms with van der Waals surface area (Å²) >= 11 is 0. The van der Waals surface area contributed by atoms with Gasteiger partial charge in [-0.1, -0.05) is 24.3 Å². The van der Waals surface area contributed by atoms with Crippen molar-refractivity contribution >= 4 is 0 Å². The summed E-state index contributed by atoms with van der Waals surface area (Å²) < 4.78 is 5.24. The number of benzene rings is 2. The molecule has 3 heteroatoms. The van der Waals surface area contributed by atoms with Crippen LogP contribution in [0.4, 0.5) is 0 Å². The molecule has 3 nitrogen and oxygen atoms in total. The van der Waals surface area contributed by atoms with Gasteiger partial charge in [-0.3, -0.25) is 4.90 Å². The first-order valence-corrected chi connectivity index (χ1v) is 7.47. The molecule has 0 aliphatic carbocycles. The maximum Gasteiger partial charge on any atom is 0.160 e. The SMILES string of the molecule is COc1cc2c(cc1O)[C@@H]1Cc3ccccc3CN1CC2. The predicted octanol–water partition coefficient (Wildman–Crippen LogP) is 3.06. The molecule has 0 radical (unpaired) electrons. The molecule has 0 amide bonds. The minimum Gasteiger partial charge on any atom is -0.504 e. The van der Waals surface area contributed by atoms with Gasteiger partial charge in [-0.15, -0.1) is 0 Å². The number of hydrogen-bond donors (Lipinski definition) is 1. The molecule has 2 heterocycles. The quantitative estimate of drug-likeness (QED) is 0.872. The Balaban J connectivity index is 1.77. The van der Waals surface area contributed by atoms with E-state index in [0.29, 0.717) is 11.8 Å². The Labute approximate surface area is 124 Å². The van der Waals surface area contributed by atoms with E-state index >= 15 is 0 Å². The molecule has 0 bridgehead atoms. The monoisotopic (exact) mass is 281 g/mol. The van der Waals surface area contributed by atoms with Crippen LogP contribution in [0, 0.1) is 0 Å². The van der Waals surface area contributed by atoms with Crippen molar-refractivity contribution < 1.29 is 9.84 Å². The average Bonchev–Trinajstić information content (AvgIpc) is 2.52. The Morgan fingerprint density at radius 3 is 2.76 bits per heavy atom. The molecule has 21 heavy (non-hydrogen) atoms. The zero-order valence-electron chi connectivity index (χ0n) is 12.2. The fourth-order valence-corrected chi connectivity index (χ4v) is 3.70. The zero-order valence-corrected chi connectivity index (χ0v) is 12.2. The Kier molecular flexibility index (Phi) is 2.89. The highest BCUT2D eigenvalue weighted by atomic mass is 16.5. The lowest BCUT2D eigenvalue weighted by molar-refractivity contribution is 0.160. The summed E-state index contributed by atoms with van der Waals surface area (Å²) in [5, 5.41) is 10.1. The lowest BCUT2D eigenvalue weighted by Gasteiger charge is -2.41. The molecular weight excluding hydrogens is 262 g/mol. The number of ether oxygens (including phenoxy) is 1. The third-order valence-electron chi connectivity index (χ3n) is 4.81. The van der Waals surface area contributed by atoms with Crippen LogP contribution in [0.15, 0.2) is 36.4 Å². The van der Waals surface area contributed by atoms with E-state index in [4.69, 9.17) is 4.74 Å². The third-order valence-corrected chi connectivity index (χ3v) is 4.81. The van der Waals surface area contributed by atoms with Crippen molar-refractivity contribution in [2.45, 2.75) is 25.4 Å². The van der Waals surface area contributed by atoms with Crippen molar-refractivity contribution in [2.24, 2.45) is 0 Å². The van der Waals surface area contributed by atoms with Crippen LogP contribution in [-0.4, -0.2) is 23.7 Å². The zero-order chi connectivity index (χ0) is 14.4. The van der Waals surface area contributed by atoms with Gasteiger partial charge in [0, 0.05) is 19.1 Å². The number of hydrogen-bond acceptors (Lipinski definition) is 3. The van der Waals surface area contributed by atoms with Crippen LogP contribution in [0.3, 0.4) is 0 Å². The molecule has 1 atom stereocenters. The van der Waals surface area contributed by atoms with E-state index in [-0.39, 0.29) is 5.75 Å². The second kappa shape index (κ2) is 4.78. The minimum atomic E-state index is 0.247. The van der Waals surface area contributed by atoms with Crippen molar-refractivity contribution in [1.82, 2.24) is 4.90 Å². The smallest absolute Gasteiger partial charge is 0.160 e. The Morgan fingerprint density at radius 1 is 1.14 bits per heavy atom. The Hall–Kier alpha value is -2.00. The summed E-state index contributed by atoms with van der Waals surface area (Å²) in [5.41, 5.74) is 5.44. The number of phenols is 1. The largest absolute Gasteiger partial charge is 0.504 e. The van der Waals surface area contributed by atoms with Crippen LogP contribution in [0.1, 0.15) is 28.3 Å². The van der Waals surface area contributed by atoms with Crippen molar-refractivity contribution in [3.8, 4) is 11.5 Å². The number of nitrogens with zero attached hydrogens (tertiary/aromatic N) is 1. The second-order valence-corrected chi connectivity index (χ2v) is 5.93. The average molecular weight is 281 g/mol. The minimum absolute atomic E-state index is 0.247. The van der Waals surface area contributed by atoms with Gasteiger partial charge in [0.15, 0.2) is 11.5 Å². The normalized spacial score (nSPS) is 20.3. The lowest BCUT2D eigenvalue weighted by atomic mass is 9.84. The molecular formula is C18H19NO2. The maximum absolute atomic E-state index is 10.1. The van der Waals surface area contributed by atoms with Gasteiger partial charge in [-0.25, -0.2) is 0 Å². The van der Waals surface area contributed by atoms with Gasteiger partial charge in [0.25, 0.3) is 0 Å². The molecule has 2 aliphatic rings. The van der Waals surface area contributed by atoms with Crippen LogP contribution in [0.2, 0.25) is 0 Å². The van der Waals surface area contributed by atoms with Crippen LogP contribution < -0.4 is 4.74 Å². The summed E-state index contributed by atoms with van der Waals surface area (Å²) in [6.45, 7) is 2.08. The molecule has 0 fully saturated rings. The first-order valence-electron chi connectivity index (χ1n) is 7.47. The number of methoxy groups -OCH3 is 1. The molecule has 0 aromatic heterocycles.